The summed E-state index contributed by atoms with van der Waals surface area (Å²) in [5.74, 6) is 0. The molecular formula is C16H33N3Ti. The van der Waals surface area contributed by atoms with Gasteiger partial charge in [0.1, 0.15) is 0 Å². The Morgan fingerprint density at radius 1 is 0.700 bits per heavy atom. The maximum atomic E-state index is 3.74. The first-order valence-corrected chi connectivity index (χ1v) is 7.05. The molecule has 0 unspecified atom stereocenters. The van der Waals surface area contributed by atoms with Crippen molar-refractivity contribution in [2.75, 3.05) is 40.8 Å². The third-order valence-corrected chi connectivity index (χ3v) is 2.09. The zero-order valence-electron chi connectivity index (χ0n) is 14.5. The van der Waals surface area contributed by atoms with Gasteiger partial charge in [-0.1, -0.05) is 34.1 Å². The second kappa shape index (κ2) is 31.4. The Morgan fingerprint density at radius 2 is 0.950 bits per heavy atom. The summed E-state index contributed by atoms with van der Waals surface area (Å²) in [5, 5.41) is 11.2. The zero-order chi connectivity index (χ0) is 15.4. The zero-order valence-corrected chi connectivity index (χ0v) is 16.0. The molecule has 0 heterocycles. The topological polar surface area (TPSA) is 42.3 Å². The van der Waals surface area contributed by atoms with Gasteiger partial charge in [0.15, 0.2) is 0 Å². The van der Waals surface area contributed by atoms with E-state index in [2.05, 4.69) is 47.1 Å². The standard InChI is InChI=1S/C7H9.3C3H8N.Ti/c1-2-7-5-3-4-6-7;3*1-3-4-2;/h3-6H,2H2,1H3;3*3H2,1-2H3;/q4*-1;+4. The summed E-state index contributed by atoms with van der Waals surface area (Å²) in [7, 11) is 5.42. The van der Waals surface area contributed by atoms with Crippen molar-refractivity contribution in [3.8, 4) is 0 Å². The molecule has 0 amide bonds. The van der Waals surface area contributed by atoms with Gasteiger partial charge in [-0.25, -0.2) is 12.1 Å². The van der Waals surface area contributed by atoms with E-state index in [1.807, 2.05) is 20.8 Å². The average Bonchev–Trinajstić information content (AvgIpc) is 3.01. The maximum absolute atomic E-state index is 3.74. The first kappa shape index (κ1) is 28.2. The van der Waals surface area contributed by atoms with Gasteiger partial charge in [0.05, 0.1) is 0 Å². The van der Waals surface area contributed by atoms with Gasteiger partial charge in [-0.15, -0.1) is 0 Å². The second-order valence-corrected chi connectivity index (χ2v) is 3.54. The summed E-state index contributed by atoms with van der Waals surface area (Å²) in [6.07, 6.45) is 1.16. The minimum Gasteiger partial charge on any atom is -0.665 e. The van der Waals surface area contributed by atoms with Gasteiger partial charge in [-0.3, -0.25) is 0 Å². The fraction of sp³-hybridized carbons (Fsp3) is 0.688. The van der Waals surface area contributed by atoms with Crippen molar-refractivity contribution in [2.45, 2.75) is 34.1 Å². The third kappa shape index (κ3) is 36.1. The molecular weight excluding hydrogens is 282 g/mol. The van der Waals surface area contributed by atoms with Crippen LogP contribution in [0.25, 0.3) is 16.0 Å². The molecule has 0 fully saturated rings. The molecule has 0 aliphatic rings. The Morgan fingerprint density at radius 3 is 1.05 bits per heavy atom. The summed E-state index contributed by atoms with van der Waals surface area (Å²) in [6, 6.07) is 8.41. The number of nitrogens with zero attached hydrogens (tertiary/aromatic N) is 3. The van der Waals surface area contributed by atoms with Crippen LogP contribution in [0.3, 0.4) is 0 Å². The molecule has 1 rings (SSSR count). The predicted octanol–water partition coefficient (Wildman–Crippen LogP) is 4.99. The van der Waals surface area contributed by atoms with E-state index in [9.17, 15) is 0 Å². The molecule has 0 spiro atoms. The van der Waals surface area contributed by atoms with Gasteiger partial charge in [-0.05, 0) is 0 Å². The Kier molecular flexibility index (Phi) is 44.2. The van der Waals surface area contributed by atoms with E-state index >= 15 is 0 Å². The number of rotatable bonds is 4. The van der Waals surface area contributed by atoms with Gasteiger partial charge in [-0.2, -0.15) is 58.5 Å². The second-order valence-electron chi connectivity index (χ2n) is 3.54. The minimum atomic E-state index is 0. The molecule has 116 valence electrons. The van der Waals surface area contributed by atoms with E-state index in [1.165, 1.54) is 5.56 Å². The predicted molar refractivity (Wildman–Crippen MR) is 90.9 cm³/mol. The molecule has 0 radical (unpaired) electrons. The number of hydrogen-bond donors (Lipinski definition) is 0. The maximum Gasteiger partial charge on any atom is 4.00 e. The third-order valence-electron chi connectivity index (χ3n) is 2.09. The molecule has 1 aromatic carbocycles. The van der Waals surface area contributed by atoms with Crippen LogP contribution in [0.15, 0.2) is 24.3 Å². The molecule has 0 atom stereocenters. The Hall–Kier alpha value is -0.0557. The van der Waals surface area contributed by atoms with Crippen LogP contribution in [0.4, 0.5) is 0 Å². The fourth-order valence-corrected chi connectivity index (χ4v) is 0.650. The molecule has 0 saturated heterocycles. The molecule has 0 aliphatic carbocycles. The van der Waals surface area contributed by atoms with Crippen LogP contribution in [-0.2, 0) is 28.1 Å². The fourth-order valence-electron chi connectivity index (χ4n) is 0.650. The van der Waals surface area contributed by atoms with Crippen molar-refractivity contribution in [3.63, 3.8) is 0 Å². The van der Waals surface area contributed by atoms with Crippen molar-refractivity contribution in [1.29, 1.82) is 0 Å². The summed E-state index contributed by atoms with van der Waals surface area (Å²) >= 11 is 0. The van der Waals surface area contributed by atoms with Crippen LogP contribution in [0.1, 0.15) is 33.3 Å². The first-order chi connectivity index (χ1) is 9.17. The van der Waals surface area contributed by atoms with Gasteiger partial charge in [0.2, 0.25) is 0 Å². The summed E-state index contributed by atoms with van der Waals surface area (Å²) in [4.78, 5) is 0. The van der Waals surface area contributed by atoms with Crippen molar-refractivity contribution >= 4 is 0 Å². The van der Waals surface area contributed by atoms with E-state index in [0.717, 1.165) is 26.1 Å². The first-order valence-electron chi connectivity index (χ1n) is 7.05. The molecule has 0 aliphatic heterocycles. The smallest absolute Gasteiger partial charge is 0.665 e. The summed E-state index contributed by atoms with van der Waals surface area (Å²) in [6.45, 7) is 11.0. The van der Waals surface area contributed by atoms with Crippen LogP contribution in [0.5, 0.6) is 0 Å². The number of hydrogen-bond acceptors (Lipinski definition) is 0. The average molecular weight is 315 g/mol. The van der Waals surface area contributed by atoms with Gasteiger partial charge < -0.3 is 16.0 Å². The SMILES string of the molecule is CC[N-]C.CC[N-]C.CC[N-]C.CC[c-]1cccc1.[Ti+4]. The molecule has 0 bridgehead atoms. The molecule has 0 saturated carbocycles. The van der Waals surface area contributed by atoms with Crippen LogP contribution >= 0.6 is 0 Å². The van der Waals surface area contributed by atoms with E-state index in [4.69, 9.17) is 0 Å². The molecule has 0 N–H and O–H groups in total. The van der Waals surface area contributed by atoms with Crippen LogP contribution < -0.4 is 0 Å². The molecule has 20 heavy (non-hydrogen) atoms. The molecule has 0 aromatic heterocycles. The molecule has 3 nitrogen and oxygen atoms in total. The Balaban J connectivity index is -0.0000000881. The van der Waals surface area contributed by atoms with Gasteiger partial charge in [0, 0.05) is 0 Å². The monoisotopic (exact) mass is 315 g/mol. The van der Waals surface area contributed by atoms with E-state index in [1.54, 1.807) is 21.1 Å². The van der Waals surface area contributed by atoms with Crippen molar-refractivity contribution in [1.82, 2.24) is 0 Å². The number of aryl methyl sites for hydroxylation is 1. The van der Waals surface area contributed by atoms with Gasteiger partial charge in [0.25, 0.3) is 0 Å². The van der Waals surface area contributed by atoms with Crippen molar-refractivity contribution in [3.05, 3.63) is 45.8 Å². The quantitative estimate of drug-likeness (QED) is 0.554. The normalized spacial score (nSPS) is 7.75. The van der Waals surface area contributed by atoms with E-state index in [0.29, 0.717) is 0 Å². The summed E-state index contributed by atoms with van der Waals surface area (Å²) < 4.78 is 0. The largest absolute Gasteiger partial charge is 4.00 e. The van der Waals surface area contributed by atoms with Crippen LogP contribution in [0.2, 0.25) is 0 Å². The summed E-state index contributed by atoms with van der Waals surface area (Å²) in [5.41, 5.74) is 1.43. The molecule has 1 aromatic rings. The van der Waals surface area contributed by atoms with Crippen LogP contribution in [-0.4, -0.2) is 40.8 Å². The minimum absolute atomic E-state index is 0. The van der Waals surface area contributed by atoms with E-state index < -0.39 is 0 Å². The van der Waals surface area contributed by atoms with Gasteiger partial charge >= 0.3 is 21.7 Å². The van der Waals surface area contributed by atoms with Crippen LogP contribution in [0, 0.1) is 0 Å². The van der Waals surface area contributed by atoms with Crippen molar-refractivity contribution in [2.24, 2.45) is 0 Å². The molecule has 4 heteroatoms. The van der Waals surface area contributed by atoms with Crippen molar-refractivity contribution < 1.29 is 21.7 Å². The van der Waals surface area contributed by atoms with E-state index in [-0.39, 0.29) is 21.7 Å². The Bertz CT molecular complexity index is 186. The Labute approximate surface area is 142 Å².